The zero-order valence-electron chi connectivity index (χ0n) is 19.9. The molecule has 0 radical (unpaired) electrons. The van der Waals surface area contributed by atoms with Crippen molar-refractivity contribution >= 4 is 0 Å². The van der Waals surface area contributed by atoms with E-state index in [2.05, 4.69) is 6.92 Å². The van der Waals surface area contributed by atoms with Crippen LogP contribution in [-0.2, 0) is 4.74 Å². The molecule has 0 unspecified atom stereocenters. The van der Waals surface area contributed by atoms with Crippen molar-refractivity contribution in [3.8, 4) is 6.07 Å². The van der Waals surface area contributed by atoms with Gasteiger partial charge in [-0.05, 0) is 74.0 Å². The molecule has 2 aliphatic rings. The van der Waals surface area contributed by atoms with Crippen molar-refractivity contribution in [2.45, 2.75) is 115 Å². The van der Waals surface area contributed by atoms with Crippen molar-refractivity contribution in [3.05, 3.63) is 34.9 Å². The van der Waals surface area contributed by atoms with Gasteiger partial charge in [0.2, 0.25) is 0 Å². The third-order valence-electron chi connectivity index (χ3n) is 7.82. The van der Waals surface area contributed by atoms with Gasteiger partial charge in [-0.15, -0.1) is 0 Å². The first kappa shape index (κ1) is 25.2. The molecule has 0 amide bonds. The number of nitriles is 1. The molecule has 0 bridgehead atoms. The molecular weight excluding hydrogens is 404 g/mol. The van der Waals surface area contributed by atoms with Crippen LogP contribution in [0.3, 0.4) is 0 Å². The second-order valence-corrected chi connectivity index (χ2v) is 10.2. The number of benzene rings is 1. The molecule has 4 heteroatoms. The van der Waals surface area contributed by atoms with Crippen LogP contribution in [-0.4, -0.2) is 12.7 Å². The molecule has 1 aromatic rings. The maximum atomic E-state index is 13.9. The Morgan fingerprint density at radius 3 is 2.06 bits per heavy atom. The molecule has 0 aromatic heterocycles. The van der Waals surface area contributed by atoms with Crippen molar-refractivity contribution in [3.63, 3.8) is 0 Å². The van der Waals surface area contributed by atoms with Gasteiger partial charge < -0.3 is 4.74 Å². The molecule has 0 atom stereocenters. The number of hydrogen-bond donors (Lipinski definition) is 0. The van der Waals surface area contributed by atoms with Crippen LogP contribution in [0, 0.1) is 34.8 Å². The van der Waals surface area contributed by atoms with E-state index in [1.54, 1.807) is 6.07 Å². The lowest BCUT2D eigenvalue weighted by molar-refractivity contribution is -0.00486. The summed E-state index contributed by atoms with van der Waals surface area (Å²) < 4.78 is 34.2. The van der Waals surface area contributed by atoms with Crippen molar-refractivity contribution in [2.24, 2.45) is 11.8 Å². The van der Waals surface area contributed by atoms with E-state index in [0.717, 1.165) is 38.2 Å². The van der Waals surface area contributed by atoms with E-state index in [1.807, 2.05) is 0 Å². The lowest BCUT2D eigenvalue weighted by Crippen LogP contribution is -2.25. The van der Waals surface area contributed by atoms with E-state index < -0.39 is 17.2 Å². The molecule has 0 saturated heterocycles. The van der Waals surface area contributed by atoms with Gasteiger partial charge in [-0.25, -0.2) is 8.78 Å². The third-order valence-corrected chi connectivity index (χ3v) is 7.82. The smallest absolute Gasteiger partial charge is 0.144 e. The second-order valence-electron chi connectivity index (χ2n) is 10.2. The molecule has 1 aromatic carbocycles. The molecule has 2 nitrogen and oxygen atoms in total. The molecule has 0 aliphatic heterocycles. The Hall–Kier alpha value is -1.47. The van der Waals surface area contributed by atoms with E-state index >= 15 is 0 Å². The number of ether oxygens (including phenoxy) is 1. The van der Waals surface area contributed by atoms with E-state index in [0.29, 0.717) is 11.5 Å². The highest BCUT2D eigenvalue weighted by molar-refractivity contribution is 5.36. The van der Waals surface area contributed by atoms with Gasteiger partial charge in [0, 0.05) is 6.61 Å². The molecule has 0 heterocycles. The minimum Gasteiger partial charge on any atom is -0.378 e. The highest BCUT2D eigenvalue weighted by Gasteiger charge is 2.26. The van der Waals surface area contributed by atoms with Crippen LogP contribution >= 0.6 is 0 Å². The van der Waals surface area contributed by atoms with Crippen molar-refractivity contribution in [1.29, 1.82) is 5.26 Å². The Morgan fingerprint density at radius 1 is 0.844 bits per heavy atom. The number of unbranched alkanes of at least 4 members (excludes halogenated alkanes) is 5. The fraction of sp³-hybridized carbons (Fsp3) is 0.750. The predicted molar refractivity (Wildman–Crippen MR) is 125 cm³/mol. The van der Waals surface area contributed by atoms with Gasteiger partial charge in [-0.2, -0.15) is 5.26 Å². The van der Waals surface area contributed by atoms with Crippen molar-refractivity contribution < 1.29 is 13.5 Å². The van der Waals surface area contributed by atoms with Crippen LogP contribution in [0.25, 0.3) is 0 Å². The van der Waals surface area contributed by atoms with Gasteiger partial charge in [0.05, 0.1) is 6.10 Å². The van der Waals surface area contributed by atoms with Crippen molar-refractivity contribution in [1.82, 2.24) is 0 Å². The summed E-state index contributed by atoms with van der Waals surface area (Å²) >= 11 is 0. The summed E-state index contributed by atoms with van der Waals surface area (Å²) in [5.74, 6) is 0.307. The van der Waals surface area contributed by atoms with Gasteiger partial charge in [0.25, 0.3) is 0 Å². The Labute approximate surface area is 193 Å². The maximum absolute atomic E-state index is 13.9. The highest BCUT2D eigenvalue weighted by atomic mass is 19.1. The molecular formula is C28H41F2NO. The van der Waals surface area contributed by atoms with E-state index in [-0.39, 0.29) is 12.0 Å². The molecule has 3 rings (SSSR count). The predicted octanol–water partition coefficient (Wildman–Crippen LogP) is 8.44. The van der Waals surface area contributed by atoms with Crippen LogP contribution in [0.4, 0.5) is 8.78 Å². The Kier molecular flexibility index (Phi) is 10.4. The molecule has 2 aliphatic carbocycles. The molecule has 178 valence electrons. The van der Waals surface area contributed by atoms with Gasteiger partial charge >= 0.3 is 0 Å². The molecule has 2 fully saturated rings. The third kappa shape index (κ3) is 7.55. The lowest BCUT2D eigenvalue weighted by atomic mass is 9.80. The monoisotopic (exact) mass is 445 g/mol. The van der Waals surface area contributed by atoms with E-state index in [9.17, 15) is 8.78 Å². The van der Waals surface area contributed by atoms with E-state index in [1.165, 1.54) is 82.8 Å². The summed E-state index contributed by atoms with van der Waals surface area (Å²) in [4.78, 5) is 0. The first-order chi connectivity index (χ1) is 15.6. The van der Waals surface area contributed by atoms with Gasteiger partial charge in [-0.3, -0.25) is 0 Å². The standard InChI is InChI=1S/C28H41F2NO/c1-2-3-4-5-6-7-8-21-9-11-22(12-10-21)20-32-25-15-13-23(14-16-25)24-17-27(29)26(19-31)28(30)18-24/h17-18,21-23,25H,2-16,20H2,1H3. The quantitative estimate of drug-likeness (QED) is 0.320. The zero-order chi connectivity index (χ0) is 22.8. The molecule has 0 N–H and O–H groups in total. The summed E-state index contributed by atoms with van der Waals surface area (Å²) in [6, 6.07) is 4.29. The minimum absolute atomic E-state index is 0.156. The summed E-state index contributed by atoms with van der Waals surface area (Å²) in [5.41, 5.74) is 0.202. The minimum atomic E-state index is -0.743. The van der Waals surface area contributed by atoms with Gasteiger partial charge in [0.15, 0.2) is 0 Å². The maximum Gasteiger partial charge on any atom is 0.144 e. The Balaban J connectivity index is 1.30. The van der Waals surface area contributed by atoms with Gasteiger partial charge in [-0.1, -0.05) is 64.7 Å². The lowest BCUT2D eigenvalue weighted by Gasteiger charge is -2.32. The van der Waals surface area contributed by atoms with Crippen LogP contribution < -0.4 is 0 Å². The number of hydrogen-bond acceptors (Lipinski definition) is 2. The largest absolute Gasteiger partial charge is 0.378 e. The molecule has 0 spiro atoms. The highest BCUT2D eigenvalue weighted by Crippen LogP contribution is 2.37. The van der Waals surface area contributed by atoms with Crippen LogP contribution in [0.15, 0.2) is 12.1 Å². The summed E-state index contributed by atoms with van der Waals surface area (Å²) in [6.45, 7) is 3.15. The summed E-state index contributed by atoms with van der Waals surface area (Å²) in [5, 5.41) is 8.84. The van der Waals surface area contributed by atoms with Gasteiger partial charge in [0.1, 0.15) is 23.3 Å². The van der Waals surface area contributed by atoms with Crippen LogP contribution in [0.2, 0.25) is 0 Å². The normalized spacial score (nSPS) is 26.1. The average Bonchev–Trinajstić information content (AvgIpc) is 2.81. The molecule has 32 heavy (non-hydrogen) atoms. The van der Waals surface area contributed by atoms with Crippen molar-refractivity contribution in [2.75, 3.05) is 6.61 Å². The number of nitrogens with zero attached hydrogens (tertiary/aromatic N) is 1. The Morgan fingerprint density at radius 2 is 1.44 bits per heavy atom. The molecule has 2 saturated carbocycles. The Bertz CT molecular complexity index is 704. The first-order valence-electron chi connectivity index (χ1n) is 13.1. The topological polar surface area (TPSA) is 33.0 Å². The zero-order valence-corrected chi connectivity index (χ0v) is 19.9. The summed E-state index contributed by atoms with van der Waals surface area (Å²) in [7, 11) is 0. The SMILES string of the molecule is CCCCCCCCC1CCC(COC2CCC(c3cc(F)c(C#N)c(F)c3)CC2)CC1. The second kappa shape index (κ2) is 13.3. The fourth-order valence-corrected chi connectivity index (χ4v) is 5.67. The summed E-state index contributed by atoms with van der Waals surface area (Å²) in [6.07, 6.45) is 19.1. The van der Waals surface area contributed by atoms with Crippen LogP contribution in [0.1, 0.15) is 120 Å². The van der Waals surface area contributed by atoms with Crippen LogP contribution in [0.5, 0.6) is 0 Å². The first-order valence-corrected chi connectivity index (χ1v) is 13.1. The number of halogens is 2. The van der Waals surface area contributed by atoms with E-state index in [4.69, 9.17) is 10.00 Å². The number of rotatable bonds is 11. The average molecular weight is 446 g/mol. The fourth-order valence-electron chi connectivity index (χ4n) is 5.67.